The first kappa shape index (κ1) is 26.0. The monoisotopic (exact) mass is 528 g/mol. The van der Waals surface area contributed by atoms with Gasteiger partial charge in [-0.1, -0.05) is 26.7 Å². The van der Waals surface area contributed by atoms with Crippen molar-refractivity contribution in [1.29, 1.82) is 0 Å². The molecule has 7 nitrogen and oxygen atoms in total. The van der Waals surface area contributed by atoms with E-state index in [9.17, 15) is 8.78 Å². The number of hydrogen-bond acceptors (Lipinski definition) is 4. The largest absolute Gasteiger partial charge is 0.379 e. The number of nitrogens with zero attached hydrogens (tertiary/aromatic N) is 4. The van der Waals surface area contributed by atoms with Gasteiger partial charge < -0.3 is 15.4 Å². The third-order valence-electron chi connectivity index (χ3n) is 5.27. The maximum absolute atomic E-state index is 13.0. The highest BCUT2D eigenvalue weighted by atomic mass is 127. The number of imidazole rings is 1. The van der Waals surface area contributed by atoms with Gasteiger partial charge in [-0.05, 0) is 12.8 Å². The topological polar surface area (TPSA) is 66.7 Å². The van der Waals surface area contributed by atoms with Crippen LogP contribution in [0, 0.1) is 5.92 Å². The lowest BCUT2D eigenvalue weighted by Gasteiger charge is -2.39. The zero-order valence-electron chi connectivity index (χ0n) is 17.6. The Morgan fingerprint density at radius 2 is 1.90 bits per heavy atom. The quantitative estimate of drug-likeness (QED) is 0.278. The van der Waals surface area contributed by atoms with Gasteiger partial charge >= 0.3 is 6.55 Å². The molecule has 0 aromatic carbocycles. The summed E-state index contributed by atoms with van der Waals surface area (Å²) in [6.07, 6.45) is 4.87. The number of morpholine rings is 1. The van der Waals surface area contributed by atoms with Gasteiger partial charge in [-0.15, -0.1) is 24.0 Å². The Bertz CT molecular complexity index is 591. The molecule has 0 spiro atoms. The summed E-state index contributed by atoms with van der Waals surface area (Å²) in [6.45, 7) is 8.77. The highest BCUT2D eigenvalue weighted by Crippen LogP contribution is 2.19. The van der Waals surface area contributed by atoms with Crippen molar-refractivity contribution < 1.29 is 13.5 Å². The molecule has 1 aliphatic heterocycles. The summed E-state index contributed by atoms with van der Waals surface area (Å²) in [5.74, 6) is 1.44. The van der Waals surface area contributed by atoms with E-state index in [4.69, 9.17) is 4.74 Å². The lowest BCUT2D eigenvalue weighted by atomic mass is 9.92. The van der Waals surface area contributed by atoms with Crippen LogP contribution in [-0.2, 0) is 11.3 Å². The normalized spacial score (nSPS) is 16.7. The van der Waals surface area contributed by atoms with Gasteiger partial charge in [-0.2, -0.15) is 8.78 Å². The van der Waals surface area contributed by atoms with Crippen LogP contribution in [0.3, 0.4) is 0 Å². The molecule has 0 saturated carbocycles. The summed E-state index contributed by atoms with van der Waals surface area (Å²) in [5, 5.41) is 6.61. The third kappa shape index (κ3) is 7.97. The smallest absolute Gasteiger partial charge is 0.319 e. The van der Waals surface area contributed by atoms with Crippen molar-refractivity contribution in [3.8, 4) is 0 Å². The van der Waals surface area contributed by atoms with E-state index in [1.165, 1.54) is 12.4 Å². The second-order valence-electron chi connectivity index (χ2n) is 6.90. The summed E-state index contributed by atoms with van der Waals surface area (Å²) >= 11 is 0. The molecule has 0 radical (unpaired) electrons. The molecule has 1 saturated heterocycles. The van der Waals surface area contributed by atoms with Crippen LogP contribution in [-0.4, -0.2) is 65.8 Å². The molecule has 1 fully saturated rings. The second kappa shape index (κ2) is 14.1. The van der Waals surface area contributed by atoms with Crippen molar-refractivity contribution in [2.24, 2.45) is 10.9 Å². The fourth-order valence-electron chi connectivity index (χ4n) is 3.67. The minimum Gasteiger partial charge on any atom is -0.379 e. The van der Waals surface area contributed by atoms with Gasteiger partial charge in [0.1, 0.15) is 12.4 Å². The minimum atomic E-state index is -2.61. The van der Waals surface area contributed by atoms with Crippen molar-refractivity contribution in [1.82, 2.24) is 25.1 Å². The van der Waals surface area contributed by atoms with Crippen molar-refractivity contribution in [2.45, 2.75) is 52.7 Å². The van der Waals surface area contributed by atoms with Crippen molar-refractivity contribution in [3.05, 3.63) is 18.2 Å². The van der Waals surface area contributed by atoms with Gasteiger partial charge in [0.2, 0.25) is 0 Å². The zero-order valence-corrected chi connectivity index (χ0v) is 19.9. The SMILES string of the molecule is CCNC(=NCc1nccn1C(F)F)NCC(C(CC)CC)N1CCOCC1.I. The number of nitrogens with one attached hydrogen (secondary N) is 2. The Kier molecular flexibility index (Phi) is 12.6. The van der Waals surface area contributed by atoms with Gasteiger partial charge in [0.25, 0.3) is 0 Å². The number of halogens is 3. The molecular weight excluding hydrogens is 493 g/mol. The van der Waals surface area contributed by atoms with Crippen molar-refractivity contribution in [2.75, 3.05) is 39.4 Å². The fraction of sp³-hybridized carbons (Fsp3) is 0.789. The number of hydrogen-bond donors (Lipinski definition) is 2. The average Bonchev–Trinajstić information content (AvgIpc) is 3.18. The Labute approximate surface area is 189 Å². The minimum absolute atomic E-state index is 0. The first-order valence-electron chi connectivity index (χ1n) is 10.2. The van der Waals surface area contributed by atoms with Crippen LogP contribution in [0.5, 0.6) is 0 Å². The van der Waals surface area contributed by atoms with Crippen LogP contribution >= 0.6 is 24.0 Å². The van der Waals surface area contributed by atoms with Gasteiger partial charge in [0.15, 0.2) is 5.96 Å². The van der Waals surface area contributed by atoms with E-state index in [0.717, 1.165) is 50.3 Å². The molecule has 2 rings (SSSR count). The average molecular weight is 528 g/mol. The van der Waals surface area contributed by atoms with Crippen LogP contribution in [0.1, 0.15) is 46.0 Å². The van der Waals surface area contributed by atoms with Crippen LogP contribution in [0.15, 0.2) is 17.4 Å². The predicted molar refractivity (Wildman–Crippen MR) is 122 cm³/mol. The Morgan fingerprint density at radius 1 is 1.21 bits per heavy atom. The Hall–Kier alpha value is -1.01. The van der Waals surface area contributed by atoms with E-state index in [1.54, 1.807) is 0 Å². The standard InChI is InChI=1S/C19H34F2N6O.HI/c1-4-15(5-2)16(26-9-11-28-12-10-26)13-24-19(22-6-3)25-14-17-23-7-8-27(17)18(20)21;/h7-8,15-16,18H,4-6,9-14H2,1-3H3,(H2,22,24,25);1H. The molecule has 1 unspecified atom stereocenters. The van der Waals surface area contributed by atoms with E-state index in [0.29, 0.717) is 24.5 Å². The van der Waals surface area contributed by atoms with Crippen molar-refractivity contribution in [3.63, 3.8) is 0 Å². The molecule has 10 heteroatoms. The highest BCUT2D eigenvalue weighted by molar-refractivity contribution is 14.0. The van der Waals surface area contributed by atoms with Gasteiger partial charge in [0, 0.05) is 44.6 Å². The molecule has 1 aromatic heterocycles. The first-order chi connectivity index (χ1) is 13.6. The van der Waals surface area contributed by atoms with Crippen LogP contribution < -0.4 is 10.6 Å². The fourth-order valence-corrected chi connectivity index (χ4v) is 3.67. The Morgan fingerprint density at radius 3 is 2.48 bits per heavy atom. The maximum Gasteiger partial charge on any atom is 0.319 e. The zero-order chi connectivity index (χ0) is 20.4. The van der Waals surface area contributed by atoms with E-state index in [1.807, 2.05) is 6.92 Å². The van der Waals surface area contributed by atoms with Crippen LogP contribution in [0.2, 0.25) is 0 Å². The molecule has 2 heterocycles. The highest BCUT2D eigenvalue weighted by Gasteiger charge is 2.27. The summed E-state index contributed by atoms with van der Waals surface area (Å²) in [6, 6.07) is 0.380. The van der Waals surface area contributed by atoms with Gasteiger partial charge in [0.05, 0.1) is 13.2 Å². The molecule has 0 aliphatic carbocycles. The maximum atomic E-state index is 13.0. The molecule has 29 heavy (non-hydrogen) atoms. The molecule has 0 bridgehead atoms. The molecule has 0 amide bonds. The lowest BCUT2D eigenvalue weighted by molar-refractivity contribution is 0.00272. The number of rotatable bonds is 10. The first-order valence-corrected chi connectivity index (χ1v) is 10.2. The van der Waals surface area contributed by atoms with Crippen LogP contribution in [0.4, 0.5) is 8.78 Å². The number of aliphatic imine (C=N–C) groups is 1. The summed E-state index contributed by atoms with van der Waals surface area (Å²) in [5.41, 5.74) is 0. The second-order valence-corrected chi connectivity index (χ2v) is 6.90. The molecule has 1 aromatic rings. The molecule has 2 N–H and O–H groups in total. The summed E-state index contributed by atoms with van der Waals surface area (Å²) < 4.78 is 32.3. The summed E-state index contributed by atoms with van der Waals surface area (Å²) in [7, 11) is 0. The van der Waals surface area contributed by atoms with Crippen LogP contribution in [0.25, 0.3) is 0 Å². The van der Waals surface area contributed by atoms with Gasteiger partial charge in [-0.3, -0.25) is 9.47 Å². The molecule has 168 valence electrons. The Balaban J connectivity index is 0.00000420. The lowest BCUT2D eigenvalue weighted by Crippen LogP contribution is -2.53. The predicted octanol–water partition coefficient (Wildman–Crippen LogP) is 3.09. The van der Waals surface area contributed by atoms with Crippen molar-refractivity contribution >= 4 is 29.9 Å². The van der Waals surface area contributed by atoms with Gasteiger partial charge in [-0.25, -0.2) is 9.98 Å². The van der Waals surface area contributed by atoms with E-state index in [-0.39, 0.29) is 36.3 Å². The third-order valence-corrected chi connectivity index (χ3v) is 5.27. The number of guanidine groups is 1. The summed E-state index contributed by atoms with van der Waals surface area (Å²) in [4.78, 5) is 10.9. The number of ether oxygens (including phenoxy) is 1. The van der Waals surface area contributed by atoms with E-state index < -0.39 is 6.55 Å². The molecule has 1 aliphatic rings. The number of aromatic nitrogens is 2. The van der Waals surface area contributed by atoms with E-state index in [2.05, 4.69) is 39.4 Å². The van der Waals surface area contributed by atoms with E-state index >= 15 is 0 Å². The number of alkyl halides is 2. The molecule has 1 atom stereocenters. The molecular formula is C19H35F2IN6O.